The summed E-state index contributed by atoms with van der Waals surface area (Å²) in [5, 5.41) is 17.7. The Morgan fingerprint density at radius 2 is 2.00 bits per heavy atom. The van der Waals surface area contributed by atoms with Crippen LogP contribution in [0.1, 0.15) is 17.3 Å². The molecule has 1 unspecified atom stereocenters. The lowest BCUT2D eigenvalue weighted by Crippen LogP contribution is -2.32. The van der Waals surface area contributed by atoms with E-state index in [1.54, 1.807) is 36.1 Å². The van der Waals surface area contributed by atoms with Crippen molar-refractivity contribution in [2.24, 2.45) is 11.7 Å². The molecular formula is C13H15N3O3. The zero-order valence-electron chi connectivity index (χ0n) is 10.5. The molecule has 19 heavy (non-hydrogen) atoms. The number of aliphatic carboxylic acids is 1. The minimum Gasteiger partial charge on any atom is -0.481 e. The lowest BCUT2D eigenvalue weighted by Gasteiger charge is -2.23. The van der Waals surface area contributed by atoms with E-state index in [-0.39, 0.29) is 13.1 Å². The number of nitriles is 1. The second-order valence-corrected chi connectivity index (χ2v) is 4.19. The van der Waals surface area contributed by atoms with Crippen LogP contribution >= 0.6 is 0 Å². The van der Waals surface area contributed by atoms with Crippen LogP contribution in [0.2, 0.25) is 0 Å². The third kappa shape index (κ3) is 4.00. The molecule has 0 saturated carbocycles. The molecule has 0 spiro atoms. The molecule has 0 aromatic heterocycles. The molecule has 0 aliphatic heterocycles. The average molecular weight is 261 g/mol. The van der Waals surface area contributed by atoms with Crippen molar-refractivity contribution in [3.63, 3.8) is 0 Å². The maximum atomic E-state index is 11.0. The highest BCUT2D eigenvalue weighted by Gasteiger charge is 2.16. The number of carbonyl (C=O) groups is 2. The van der Waals surface area contributed by atoms with E-state index >= 15 is 0 Å². The Bertz CT molecular complexity index is 505. The van der Waals surface area contributed by atoms with Crippen LogP contribution < -0.4 is 10.6 Å². The maximum Gasteiger partial charge on any atom is 0.308 e. The minimum absolute atomic E-state index is 0.0769. The third-order valence-electron chi connectivity index (χ3n) is 2.69. The molecule has 0 aliphatic carbocycles. The Morgan fingerprint density at radius 3 is 2.42 bits per heavy atom. The fourth-order valence-corrected chi connectivity index (χ4v) is 1.59. The van der Waals surface area contributed by atoms with E-state index in [2.05, 4.69) is 0 Å². The normalized spacial score (nSPS) is 11.4. The smallest absolute Gasteiger partial charge is 0.308 e. The van der Waals surface area contributed by atoms with E-state index in [0.29, 0.717) is 11.3 Å². The van der Waals surface area contributed by atoms with Gasteiger partial charge in [0.25, 0.3) is 0 Å². The molecule has 0 bridgehead atoms. The maximum absolute atomic E-state index is 11.0. The Morgan fingerprint density at radius 1 is 1.42 bits per heavy atom. The fourth-order valence-electron chi connectivity index (χ4n) is 1.59. The Kier molecular flexibility index (Phi) is 4.89. The number of amides is 1. The first-order valence-electron chi connectivity index (χ1n) is 5.70. The standard InChI is InChI=1S/C13H15N3O3/c1-9(13(18)19)8-16(7-6-14)11-4-2-10(3-5-11)12(15)17/h2-5,9H,7-8H2,1H3,(H2,15,17)(H,18,19). The van der Waals surface area contributed by atoms with Gasteiger partial charge in [-0.1, -0.05) is 6.92 Å². The molecule has 0 fully saturated rings. The second kappa shape index (κ2) is 6.40. The summed E-state index contributed by atoms with van der Waals surface area (Å²) in [7, 11) is 0. The fraction of sp³-hybridized carbons (Fsp3) is 0.308. The predicted molar refractivity (Wildman–Crippen MR) is 69.6 cm³/mol. The van der Waals surface area contributed by atoms with Crippen molar-refractivity contribution in [1.29, 1.82) is 5.26 Å². The highest BCUT2D eigenvalue weighted by Crippen LogP contribution is 2.16. The summed E-state index contributed by atoms with van der Waals surface area (Å²) in [4.78, 5) is 23.4. The van der Waals surface area contributed by atoms with Gasteiger partial charge in [-0.25, -0.2) is 0 Å². The van der Waals surface area contributed by atoms with Crippen LogP contribution in [-0.4, -0.2) is 30.1 Å². The number of hydrogen-bond acceptors (Lipinski definition) is 4. The number of nitrogens with two attached hydrogens (primary N) is 1. The van der Waals surface area contributed by atoms with Crippen LogP contribution in [0.25, 0.3) is 0 Å². The molecule has 0 heterocycles. The molecule has 0 radical (unpaired) electrons. The number of hydrogen-bond donors (Lipinski definition) is 2. The van der Waals surface area contributed by atoms with Gasteiger partial charge in [0, 0.05) is 17.8 Å². The van der Waals surface area contributed by atoms with Gasteiger partial charge < -0.3 is 15.7 Å². The first kappa shape index (κ1) is 14.5. The number of anilines is 1. The molecule has 1 atom stereocenters. The highest BCUT2D eigenvalue weighted by atomic mass is 16.4. The van der Waals surface area contributed by atoms with Crippen LogP contribution in [0.3, 0.4) is 0 Å². The molecule has 3 N–H and O–H groups in total. The van der Waals surface area contributed by atoms with Gasteiger partial charge >= 0.3 is 5.97 Å². The molecule has 1 rings (SSSR count). The predicted octanol–water partition coefficient (Wildman–Crippen LogP) is 0.836. The second-order valence-electron chi connectivity index (χ2n) is 4.19. The van der Waals surface area contributed by atoms with Crippen LogP contribution in [0.15, 0.2) is 24.3 Å². The van der Waals surface area contributed by atoms with Gasteiger partial charge in [-0.3, -0.25) is 9.59 Å². The topological polar surface area (TPSA) is 107 Å². The summed E-state index contributed by atoms with van der Waals surface area (Å²) in [5.41, 5.74) is 6.18. The van der Waals surface area contributed by atoms with Gasteiger partial charge in [-0.05, 0) is 24.3 Å². The van der Waals surface area contributed by atoms with Crippen LogP contribution in [-0.2, 0) is 4.79 Å². The van der Waals surface area contributed by atoms with Gasteiger partial charge in [-0.15, -0.1) is 0 Å². The van der Waals surface area contributed by atoms with Gasteiger partial charge in [-0.2, -0.15) is 5.26 Å². The number of rotatable bonds is 6. The van der Waals surface area contributed by atoms with Crippen LogP contribution in [0, 0.1) is 17.2 Å². The number of carbonyl (C=O) groups excluding carboxylic acids is 1. The van der Waals surface area contributed by atoms with Crippen LogP contribution in [0.5, 0.6) is 0 Å². The van der Waals surface area contributed by atoms with E-state index in [1.165, 1.54) is 0 Å². The average Bonchev–Trinajstić information content (AvgIpc) is 2.38. The van der Waals surface area contributed by atoms with Gasteiger partial charge in [0.2, 0.25) is 5.91 Å². The van der Waals surface area contributed by atoms with Gasteiger partial charge in [0.05, 0.1) is 12.0 Å². The molecule has 1 amide bonds. The van der Waals surface area contributed by atoms with Crippen LogP contribution in [0.4, 0.5) is 5.69 Å². The Hall–Kier alpha value is -2.55. The van der Waals surface area contributed by atoms with E-state index in [9.17, 15) is 9.59 Å². The first-order chi connectivity index (χ1) is 8.95. The Labute approximate surface area is 111 Å². The largest absolute Gasteiger partial charge is 0.481 e. The SMILES string of the molecule is CC(CN(CC#N)c1ccc(C(N)=O)cc1)C(=O)O. The Balaban J connectivity index is 2.90. The quantitative estimate of drug-likeness (QED) is 0.737. The summed E-state index contributed by atoms with van der Waals surface area (Å²) < 4.78 is 0. The molecule has 6 nitrogen and oxygen atoms in total. The molecule has 0 saturated heterocycles. The summed E-state index contributed by atoms with van der Waals surface area (Å²) in [6.07, 6.45) is 0. The minimum atomic E-state index is -0.920. The van der Waals surface area contributed by atoms with Crippen molar-refractivity contribution in [2.75, 3.05) is 18.0 Å². The third-order valence-corrected chi connectivity index (χ3v) is 2.69. The van der Waals surface area contributed by atoms with Crippen molar-refractivity contribution in [3.8, 4) is 6.07 Å². The number of carboxylic acid groups (broad SMARTS) is 1. The van der Waals surface area contributed by atoms with E-state index in [4.69, 9.17) is 16.1 Å². The molecular weight excluding hydrogens is 246 g/mol. The summed E-state index contributed by atoms with van der Waals surface area (Å²) >= 11 is 0. The number of primary amides is 1. The van der Waals surface area contributed by atoms with Crippen molar-refractivity contribution < 1.29 is 14.7 Å². The van der Waals surface area contributed by atoms with Gasteiger partial charge in [0.1, 0.15) is 6.54 Å². The first-order valence-corrected chi connectivity index (χ1v) is 5.70. The summed E-state index contributed by atoms with van der Waals surface area (Å²) in [6.45, 7) is 1.87. The molecule has 6 heteroatoms. The number of nitrogens with zero attached hydrogens (tertiary/aromatic N) is 2. The highest BCUT2D eigenvalue weighted by molar-refractivity contribution is 5.93. The van der Waals surface area contributed by atoms with E-state index in [0.717, 1.165) is 0 Å². The monoisotopic (exact) mass is 261 g/mol. The van der Waals surface area contributed by atoms with Crippen molar-refractivity contribution in [1.82, 2.24) is 0 Å². The lowest BCUT2D eigenvalue weighted by molar-refractivity contribution is -0.140. The lowest BCUT2D eigenvalue weighted by atomic mass is 10.1. The molecule has 1 aromatic carbocycles. The van der Waals surface area contributed by atoms with E-state index in [1.807, 2.05) is 6.07 Å². The zero-order chi connectivity index (χ0) is 14.4. The summed E-state index contributed by atoms with van der Waals surface area (Å²) in [5.74, 6) is -2.04. The zero-order valence-corrected chi connectivity index (χ0v) is 10.5. The van der Waals surface area contributed by atoms with Crippen molar-refractivity contribution >= 4 is 17.6 Å². The molecule has 1 aromatic rings. The number of benzene rings is 1. The number of carboxylic acids is 1. The van der Waals surface area contributed by atoms with E-state index < -0.39 is 17.8 Å². The summed E-state index contributed by atoms with van der Waals surface area (Å²) in [6, 6.07) is 8.38. The van der Waals surface area contributed by atoms with Crippen molar-refractivity contribution in [2.45, 2.75) is 6.92 Å². The van der Waals surface area contributed by atoms with Crippen molar-refractivity contribution in [3.05, 3.63) is 29.8 Å². The molecule has 100 valence electrons. The molecule has 0 aliphatic rings. The van der Waals surface area contributed by atoms with Gasteiger partial charge in [0.15, 0.2) is 0 Å².